The highest BCUT2D eigenvalue weighted by Crippen LogP contribution is 2.26. The van der Waals surface area contributed by atoms with Gasteiger partial charge in [0.1, 0.15) is 17.3 Å². The van der Waals surface area contributed by atoms with E-state index in [-0.39, 0.29) is 0 Å². The Morgan fingerprint density at radius 2 is 2.25 bits per heavy atom. The lowest BCUT2D eigenvalue weighted by molar-refractivity contribution is 0.195. The smallest absolute Gasteiger partial charge is 0.146 e. The van der Waals surface area contributed by atoms with Crippen LogP contribution in [0.1, 0.15) is 32.6 Å². The Labute approximate surface area is 95.9 Å². The molecule has 2 rings (SSSR count). The van der Waals surface area contributed by atoms with Crippen molar-refractivity contribution >= 4 is 11.7 Å². The second-order valence-corrected chi connectivity index (χ2v) is 4.41. The molecule has 0 saturated heterocycles. The quantitative estimate of drug-likeness (QED) is 0.688. The number of aliphatic imine (C=N–C) groups is 1. The van der Waals surface area contributed by atoms with Crippen LogP contribution in [-0.4, -0.2) is 28.9 Å². The number of nitrogens with zero attached hydrogens (tertiary/aromatic N) is 3. The third-order valence-electron chi connectivity index (χ3n) is 2.99. The molecule has 0 aromatic rings. The van der Waals surface area contributed by atoms with E-state index in [4.69, 9.17) is 11.5 Å². The van der Waals surface area contributed by atoms with Gasteiger partial charge in [-0.1, -0.05) is 19.8 Å². The fraction of sp³-hybridized carbons (Fsp3) is 0.636. The first-order chi connectivity index (χ1) is 7.65. The normalized spacial score (nSPS) is 27.8. The summed E-state index contributed by atoms with van der Waals surface area (Å²) >= 11 is 0. The number of hydrogen-bond acceptors (Lipinski definition) is 5. The molecule has 0 bridgehead atoms. The Balaban J connectivity index is 2.05. The van der Waals surface area contributed by atoms with Crippen molar-refractivity contribution in [2.75, 3.05) is 6.54 Å². The summed E-state index contributed by atoms with van der Waals surface area (Å²) in [4.78, 5) is 4.39. The minimum Gasteiger partial charge on any atom is -0.382 e. The van der Waals surface area contributed by atoms with Gasteiger partial charge < -0.3 is 11.5 Å². The molecule has 16 heavy (non-hydrogen) atoms. The number of hydrazone groups is 1. The molecule has 0 saturated carbocycles. The van der Waals surface area contributed by atoms with Crippen LogP contribution in [0.2, 0.25) is 0 Å². The fourth-order valence-electron chi connectivity index (χ4n) is 2.03. The van der Waals surface area contributed by atoms with Gasteiger partial charge in [0.15, 0.2) is 0 Å². The second-order valence-electron chi connectivity index (χ2n) is 4.41. The van der Waals surface area contributed by atoms with Crippen LogP contribution < -0.4 is 11.5 Å². The molecule has 0 radical (unpaired) electrons. The number of fused-ring (bicyclic) bond motifs is 1. The third-order valence-corrected chi connectivity index (χ3v) is 2.99. The first-order valence-electron chi connectivity index (χ1n) is 5.81. The lowest BCUT2D eigenvalue weighted by Gasteiger charge is -2.33. The van der Waals surface area contributed by atoms with Gasteiger partial charge in [0.05, 0.1) is 6.54 Å². The highest BCUT2D eigenvalue weighted by atomic mass is 15.6. The molecule has 5 nitrogen and oxygen atoms in total. The maximum absolute atomic E-state index is 6.33. The summed E-state index contributed by atoms with van der Waals surface area (Å²) in [5.74, 6) is 1.32. The van der Waals surface area contributed by atoms with E-state index in [1.807, 2.05) is 6.08 Å². The van der Waals surface area contributed by atoms with Gasteiger partial charge in [0, 0.05) is 0 Å². The van der Waals surface area contributed by atoms with Crippen molar-refractivity contribution in [1.82, 2.24) is 5.01 Å². The predicted octanol–water partition coefficient (Wildman–Crippen LogP) is 0.778. The van der Waals surface area contributed by atoms with Gasteiger partial charge in [-0.2, -0.15) is 5.10 Å². The van der Waals surface area contributed by atoms with Gasteiger partial charge in [-0.05, 0) is 25.0 Å². The van der Waals surface area contributed by atoms with Crippen molar-refractivity contribution in [3.05, 3.63) is 12.2 Å². The minimum atomic E-state index is -0.472. The maximum atomic E-state index is 6.33. The molecule has 0 spiro atoms. The SMILES string of the molecule is CCCCCC1(N)CN=C2C=CC(N)=NN21. The molecular formula is C11H19N5. The van der Waals surface area contributed by atoms with Crippen LogP contribution >= 0.6 is 0 Å². The Kier molecular flexibility index (Phi) is 2.96. The van der Waals surface area contributed by atoms with E-state index in [1.165, 1.54) is 12.8 Å². The lowest BCUT2D eigenvalue weighted by atomic mass is 10.0. The maximum Gasteiger partial charge on any atom is 0.146 e. The largest absolute Gasteiger partial charge is 0.382 e. The summed E-state index contributed by atoms with van der Waals surface area (Å²) in [7, 11) is 0. The third kappa shape index (κ3) is 1.95. The Morgan fingerprint density at radius 3 is 3.00 bits per heavy atom. The van der Waals surface area contributed by atoms with Crippen LogP contribution in [0.4, 0.5) is 0 Å². The highest BCUT2D eigenvalue weighted by molar-refractivity contribution is 6.05. The topological polar surface area (TPSA) is 80.0 Å². The summed E-state index contributed by atoms with van der Waals surface area (Å²) in [6.07, 6.45) is 8.01. The van der Waals surface area contributed by atoms with Crippen molar-refractivity contribution in [2.24, 2.45) is 21.6 Å². The molecule has 0 aliphatic carbocycles. The fourth-order valence-corrected chi connectivity index (χ4v) is 2.03. The molecule has 2 heterocycles. The summed E-state index contributed by atoms with van der Waals surface area (Å²) in [6, 6.07) is 0. The first-order valence-corrected chi connectivity index (χ1v) is 5.81. The van der Waals surface area contributed by atoms with E-state index in [0.29, 0.717) is 12.4 Å². The number of rotatable bonds is 4. The molecule has 88 valence electrons. The summed E-state index contributed by atoms with van der Waals surface area (Å²) < 4.78 is 0. The van der Waals surface area contributed by atoms with E-state index >= 15 is 0 Å². The van der Waals surface area contributed by atoms with Crippen LogP contribution in [0.5, 0.6) is 0 Å². The molecule has 1 atom stereocenters. The van der Waals surface area contributed by atoms with E-state index < -0.39 is 5.66 Å². The van der Waals surface area contributed by atoms with E-state index in [1.54, 1.807) is 11.1 Å². The van der Waals surface area contributed by atoms with Crippen LogP contribution in [0.3, 0.4) is 0 Å². The average Bonchev–Trinajstić information content (AvgIpc) is 2.58. The van der Waals surface area contributed by atoms with Crippen LogP contribution in [0.15, 0.2) is 22.2 Å². The van der Waals surface area contributed by atoms with Crippen LogP contribution in [-0.2, 0) is 0 Å². The van der Waals surface area contributed by atoms with E-state index in [9.17, 15) is 0 Å². The van der Waals surface area contributed by atoms with E-state index in [2.05, 4.69) is 17.0 Å². The molecule has 2 aliphatic rings. The summed E-state index contributed by atoms with van der Waals surface area (Å²) in [5.41, 5.74) is 11.5. The Morgan fingerprint density at radius 1 is 1.44 bits per heavy atom. The van der Waals surface area contributed by atoms with Gasteiger partial charge in [0.2, 0.25) is 0 Å². The molecule has 2 aliphatic heterocycles. The number of amidine groups is 2. The van der Waals surface area contributed by atoms with Gasteiger partial charge in [0.25, 0.3) is 0 Å². The van der Waals surface area contributed by atoms with Crippen molar-refractivity contribution in [3.63, 3.8) is 0 Å². The standard InChI is InChI=1S/C11H19N5/c1-2-3-4-7-11(13)8-14-10-6-5-9(12)15-16(10)11/h5-6H,2-4,7-8,13H2,1H3,(H2,12,15). The molecule has 5 heteroatoms. The predicted molar refractivity (Wildman–Crippen MR) is 66.0 cm³/mol. The molecular weight excluding hydrogens is 202 g/mol. The monoisotopic (exact) mass is 221 g/mol. The average molecular weight is 221 g/mol. The zero-order valence-corrected chi connectivity index (χ0v) is 9.69. The second kappa shape index (κ2) is 4.25. The minimum absolute atomic E-state index is 0.472. The number of hydrogen-bond donors (Lipinski definition) is 2. The summed E-state index contributed by atoms with van der Waals surface area (Å²) in [6.45, 7) is 2.78. The van der Waals surface area contributed by atoms with Gasteiger partial charge in [-0.15, -0.1) is 0 Å². The van der Waals surface area contributed by atoms with Crippen molar-refractivity contribution in [2.45, 2.75) is 38.3 Å². The van der Waals surface area contributed by atoms with Gasteiger partial charge >= 0.3 is 0 Å². The van der Waals surface area contributed by atoms with Gasteiger partial charge in [-0.25, -0.2) is 5.01 Å². The molecule has 0 aromatic heterocycles. The lowest BCUT2D eigenvalue weighted by Crippen LogP contribution is -2.55. The molecule has 0 fully saturated rings. The zero-order chi connectivity index (χ0) is 11.6. The molecule has 4 N–H and O–H groups in total. The van der Waals surface area contributed by atoms with Gasteiger partial charge in [-0.3, -0.25) is 4.99 Å². The van der Waals surface area contributed by atoms with E-state index in [0.717, 1.165) is 18.7 Å². The van der Waals surface area contributed by atoms with Crippen molar-refractivity contribution < 1.29 is 0 Å². The van der Waals surface area contributed by atoms with Crippen LogP contribution in [0.25, 0.3) is 0 Å². The zero-order valence-electron chi connectivity index (χ0n) is 9.69. The summed E-state index contributed by atoms with van der Waals surface area (Å²) in [5, 5.41) is 6.04. The highest BCUT2D eigenvalue weighted by Gasteiger charge is 2.39. The first kappa shape index (κ1) is 11.1. The Hall–Kier alpha value is -1.36. The molecule has 0 amide bonds. The molecule has 0 aromatic carbocycles. The number of unbranched alkanes of at least 4 members (excludes halogenated alkanes) is 2. The molecule has 1 unspecified atom stereocenters. The van der Waals surface area contributed by atoms with Crippen molar-refractivity contribution in [3.8, 4) is 0 Å². The Bertz CT molecular complexity index is 357. The number of nitrogens with two attached hydrogens (primary N) is 2. The van der Waals surface area contributed by atoms with Crippen molar-refractivity contribution in [1.29, 1.82) is 0 Å². The van der Waals surface area contributed by atoms with Crippen LogP contribution in [0, 0.1) is 0 Å².